The third-order valence-electron chi connectivity index (χ3n) is 5.56. The number of nitrogens with zero attached hydrogens (tertiary/aromatic N) is 1. The van der Waals surface area contributed by atoms with Crippen LogP contribution in [0, 0.1) is 0 Å². The highest BCUT2D eigenvalue weighted by molar-refractivity contribution is 8.00. The van der Waals surface area contributed by atoms with Gasteiger partial charge in [0, 0.05) is 22.2 Å². The maximum atomic E-state index is 2.41. The molecule has 1 aliphatic rings. The fourth-order valence-electron chi connectivity index (χ4n) is 4.20. The number of hydrogen-bond acceptors (Lipinski definition) is 2. The molecule has 2 heteroatoms. The van der Waals surface area contributed by atoms with Crippen molar-refractivity contribution in [3.05, 3.63) is 72.3 Å². The van der Waals surface area contributed by atoms with Crippen molar-refractivity contribution in [1.82, 2.24) is 0 Å². The van der Waals surface area contributed by atoms with Crippen molar-refractivity contribution in [2.75, 3.05) is 11.9 Å². The Morgan fingerprint density at radius 3 is 2.19 bits per heavy atom. The third-order valence-corrected chi connectivity index (χ3v) is 6.74. The van der Waals surface area contributed by atoms with Gasteiger partial charge in [-0.3, -0.25) is 0 Å². The van der Waals surface area contributed by atoms with E-state index < -0.39 is 0 Å². The molecular weight excluding hydrogens is 346 g/mol. The van der Waals surface area contributed by atoms with Gasteiger partial charge < -0.3 is 4.90 Å². The van der Waals surface area contributed by atoms with Crippen molar-refractivity contribution < 1.29 is 0 Å². The van der Waals surface area contributed by atoms with Crippen molar-refractivity contribution in [2.45, 2.75) is 36.0 Å². The van der Waals surface area contributed by atoms with Gasteiger partial charge in [0.25, 0.3) is 0 Å². The fourth-order valence-corrected chi connectivity index (χ4v) is 5.49. The molecule has 0 spiro atoms. The summed E-state index contributed by atoms with van der Waals surface area (Å²) in [5, 5.41) is 5.34. The van der Waals surface area contributed by atoms with Gasteiger partial charge >= 0.3 is 0 Å². The van der Waals surface area contributed by atoms with Crippen molar-refractivity contribution in [1.29, 1.82) is 0 Å². The van der Waals surface area contributed by atoms with E-state index in [1.165, 1.54) is 48.3 Å². The average molecular weight is 370 g/mol. The molecule has 0 unspecified atom stereocenters. The van der Waals surface area contributed by atoms with E-state index in [1.807, 2.05) is 11.8 Å². The Bertz CT molecular complexity index is 1200. The van der Waals surface area contributed by atoms with E-state index in [0.717, 1.165) is 0 Å². The molecule has 27 heavy (non-hydrogen) atoms. The Hall–Kier alpha value is -2.45. The van der Waals surface area contributed by atoms with Crippen molar-refractivity contribution in [2.24, 2.45) is 0 Å². The molecule has 0 bridgehead atoms. The first-order valence-corrected chi connectivity index (χ1v) is 10.3. The van der Waals surface area contributed by atoms with Crippen molar-refractivity contribution in [3.63, 3.8) is 0 Å². The number of hydrogen-bond donors (Lipinski definition) is 0. The Morgan fingerprint density at radius 2 is 1.44 bits per heavy atom. The lowest BCUT2D eigenvalue weighted by atomic mass is 9.83. The van der Waals surface area contributed by atoms with Gasteiger partial charge in [-0.05, 0) is 39.3 Å². The molecule has 0 atom stereocenters. The average Bonchev–Trinajstić information content (AvgIpc) is 2.66. The molecule has 0 aromatic heterocycles. The predicted molar refractivity (Wildman–Crippen MR) is 119 cm³/mol. The number of anilines is 2. The van der Waals surface area contributed by atoms with E-state index in [9.17, 15) is 0 Å². The summed E-state index contributed by atoms with van der Waals surface area (Å²) in [4.78, 5) is 5.09. The Labute approximate surface area is 165 Å². The second-order valence-corrected chi connectivity index (χ2v) is 9.41. The number of rotatable bonds is 0. The van der Waals surface area contributed by atoms with Crippen LogP contribution in [-0.2, 0) is 5.41 Å². The Balaban J connectivity index is 1.85. The summed E-state index contributed by atoms with van der Waals surface area (Å²) >= 11 is 1.91. The van der Waals surface area contributed by atoms with Crippen LogP contribution in [0.15, 0.2) is 76.5 Å². The Morgan fingerprint density at radius 1 is 0.778 bits per heavy atom. The third kappa shape index (κ3) is 2.47. The van der Waals surface area contributed by atoms with Crippen LogP contribution in [0.1, 0.15) is 26.3 Å². The highest BCUT2D eigenvalue weighted by atomic mass is 32.2. The summed E-state index contributed by atoms with van der Waals surface area (Å²) in [6.45, 7) is 6.92. The highest BCUT2D eigenvalue weighted by Crippen LogP contribution is 2.53. The van der Waals surface area contributed by atoms with Crippen molar-refractivity contribution in [3.8, 4) is 0 Å². The maximum Gasteiger partial charge on any atom is 0.0629 e. The first kappa shape index (κ1) is 16.7. The highest BCUT2D eigenvalue weighted by Gasteiger charge is 2.28. The first-order chi connectivity index (χ1) is 12.9. The standard InChI is InChI=1S/C25H23NS/c1-25(2,3)20-15-21-24(19-12-8-7-11-18(19)20)27-22-14-13-16-9-5-6-10-17(16)23(22)26(21)4/h5-15H,1-4H3. The molecular formula is C25H23NS. The van der Waals surface area contributed by atoms with E-state index in [1.54, 1.807) is 0 Å². The van der Waals surface area contributed by atoms with Gasteiger partial charge in [0.05, 0.1) is 11.4 Å². The van der Waals surface area contributed by atoms with Crippen LogP contribution >= 0.6 is 11.8 Å². The summed E-state index contributed by atoms with van der Waals surface area (Å²) in [7, 11) is 2.21. The molecule has 0 saturated carbocycles. The predicted octanol–water partition coefficient (Wildman–Crippen LogP) is 7.52. The molecule has 0 radical (unpaired) electrons. The molecule has 1 heterocycles. The lowest BCUT2D eigenvalue weighted by Gasteiger charge is -2.34. The van der Waals surface area contributed by atoms with E-state index in [-0.39, 0.29) is 5.41 Å². The zero-order chi connectivity index (χ0) is 18.8. The minimum atomic E-state index is 0.0964. The molecule has 0 aliphatic carbocycles. The van der Waals surface area contributed by atoms with Gasteiger partial charge in [-0.1, -0.05) is 87.1 Å². The summed E-state index contributed by atoms with van der Waals surface area (Å²) in [5.41, 5.74) is 4.14. The van der Waals surface area contributed by atoms with E-state index in [0.29, 0.717) is 0 Å². The SMILES string of the molecule is CN1c2cc(C(C)(C)C)c3ccccc3c2Sc2ccc3ccccc3c21. The minimum Gasteiger partial charge on any atom is -0.342 e. The minimum absolute atomic E-state index is 0.0964. The summed E-state index contributed by atoms with van der Waals surface area (Å²) in [6.07, 6.45) is 0. The molecule has 4 aromatic rings. The van der Waals surface area contributed by atoms with Gasteiger partial charge in [-0.15, -0.1) is 0 Å². The molecule has 1 aliphatic heterocycles. The van der Waals surface area contributed by atoms with Gasteiger partial charge in [0.15, 0.2) is 0 Å². The summed E-state index contributed by atoms with van der Waals surface area (Å²) in [5.74, 6) is 0. The van der Waals surface area contributed by atoms with Crippen LogP contribution in [0.2, 0.25) is 0 Å². The van der Waals surface area contributed by atoms with Gasteiger partial charge in [0.1, 0.15) is 0 Å². The fraction of sp³-hybridized carbons (Fsp3) is 0.200. The van der Waals surface area contributed by atoms with Crippen LogP contribution in [0.4, 0.5) is 11.4 Å². The van der Waals surface area contributed by atoms with Crippen LogP contribution in [0.25, 0.3) is 21.5 Å². The number of benzene rings is 4. The molecule has 134 valence electrons. The maximum absolute atomic E-state index is 2.41. The largest absolute Gasteiger partial charge is 0.342 e. The second kappa shape index (κ2) is 5.77. The van der Waals surface area contributed by atoms with E-state index in [4.69, 9.17) is 0 Å². The number of fused-ring (bicyclic) bond motifs is 6. The molecule has 5 rings (SSSR count). The summed E-state index contributed by atoms with van der Waals surface area (Å²) < 4.78 is 0. The van der Waals surface area contributed by atoms with Gasteiger partial charge in [-0.25, -0.2) is 0 Å². The Kier molecular flexibility index (Phi) is 3.57. The topological polar surface area (TPSA) is 3.24 Å². The van der Waals surface area contributed by atoms with Crippen LogP contribution < -0.4 is 4.90 Å². The smallest absolute Gasteiger partial charge is 0.0629 e. The molecule has 0 N–H and O–H groups in total. The molecule has 1 nitrogen and oxygen atoms in total. The second-order valence-electron chi connectivity index (χ2n) is 8.36. The van der Waals surface area contributed by atoms with Crippen LogP contribution in [-0.4, -0.2) is 7.05 Å². The normalized spacial score (nSPS) is 13.7. The monoisotopic (exact) mass is 369 g/mol. The molecule has 0 fully saturated rings. The van der Waals surface area contributed by atoms with Crippen molar-refractivity contribution >= 4 is 44.7 Å². The molecule has 0 amide bonds. The van der Waals surface area contributed by atoms with Gasteiger partial charge in [-0.2, -0.15) is 0 Å². The first-order valence-electron chi connectivity index (χ1n) is 9.45. The lowest BCUT2D eigenvalue weighted by Crippen LogP contribution is -2.18. The summed E-state index contributed by atoms with van der Waals surface area (Å²) in [6, 6.07) is 24.5. The van der Waals surface area contributed by atoms with Crippen LogP contribution in [0.3, 0.4) is 0 Å². The molecule has 0 saturated heterocycles. The van der Waals surface area contributed by atoms with Crippen LogP contribution in [0.5, 0.6) is 0 Å². The zero-order valence-corrected chi connectivity index (χ0v) is 17.0. The molecule has 4 aromatic carbocycles. The quantitative estimate of drug-likeness (QED) is 0.315. The van der Waals surface area contributed by atoms with E-state index >= 15 is 0 Å². The van der Waals surface area contributed by atoms with Gasteiger partial charge in [0.2, 0.25) is 0 Å². The van der Waals surface area contributed by atoms with E-state index in [2.05, 4.69) is 99.4 Å². The lowest BCUT2D eigenvalue weighted by molar-refractivity contribution is 0.595. The zero-order valence-electron chi connectivity index (χ0n) is 16.2.